The van der Waals surface area contributed by atoms with Crippen LogP contribution in [-0.4, -0.2) is 66.1 Å². The van der Waals surface area contributed by atoms with Gasteiger partial charge in [-0.2, -0.15) is 0 Å². The van der Waals surface area contributed by atoms with Crippen molar-refractivity contribution < 1.29 is 9.53 Å². The average Bonchev–Trinajstić information content (AvgIpc) is 2.90. The van der Waals surface area contributed by atoms with Crippen LogP contribution in [0.15, 0.2) is 36.5 Å². The molecule has 2 aliphatic rings. The van der Waals surface area contributed by atoms with Crippen LogP contribution >= 0.6 is 0 Å². The monoisotopic (exact) mass is 367 g/mol. The number of carbonyl (C=O) groups excluding carboxylic acids is 1. The molecule has 2 aliphatic heterocycles. The smallest absolute Gasteiger partial charge is 0.254 e. The number of ether oxygens (including phenoxy) is 1. The molecule has 1 aromatic carbocycles. The van der Waals surface area contributed by atoms with Crippen LogP contribution in [0.25, 0.3) is 10.9 Å². The molecule has 3 heterocycles. The lowest BCUT2D eigenvalue weighted by Crippen LogP contribution is -2.53. The summed E-state index contributed by atoms with van der Waals surface area (Å²) in [4.78, 5) is 22.3. The second-order valence-corrected chi connectivity index (χ2v) is 8.32. The molecule has 1 spiro atoms. The second-order valence-electron chi connectivity index (χ2n) is 8.32. The van der Waals surface area contributed by atoms with Gasteiger partial charge < -0.3 is 9.64 Å². The van der Waals surface area contributed by atoms with Crippen LogP contribution in [0.5, 0.6) is 0 Å². The number of hydrogen-bond acceptors (Lipinski definition) is 4. The van der Waals surface area contributed by atoms with Gasteiger partial charge in [0.1, 0.15) is 0 Å². The molecule has 1 amide bonds. The molecule has 0 saturated carbocycles. The first-order valence-electron chi connectivity index (χ1n) is 10.0. The van der Waals surface area contributed by atoms with Crippen molar-refractivity contribution in [3.8, 4) is 0 Å². The van der Waals surface area contributed by atoms with Gasteiger partial charge in [0.2, 0.25) is 0 Å². The summed E-state index contributed by atoms with van der Waals surface area (Å²) in [7, 11) is 0. The quantitative estimate of drug-likeness (QED) is 0.818. The fraction of sp³-hybridized carbons (Fsp3) is 0.545. The lowest BCUT2D eigenvalue weighted by Gasteiger charge is -2.44. The molecule has 0 bridgehead atoms. The summed E-state index contributed by atoms with van der Waals surface area (Å²) in [5.41, 5.74) is 1.67. The first-order chi connectivity index (χ1) is 13.1. The standard InChI is InChI=1S/C22H29N3O2/c1-17(2)24-12-13-27-16-22(14-24)9-5-11-25(15-22)21(26)19-6-3-8-20-18(19)7-4-10-23-20/h3-4,6-8,10,17H,5,9,11-16H2,1-2H3/t22-/m0/s1. The largest absolute Gasteiger partial charge is 0.379 e. The Bertz CT molecular complexity index is 817. The molecule has 2 aromatic rings. The summed E-state index contributed by atoms with van der Waals surface area (Å²) >= 11 is 0. The van der Waals surface area contributed by atoms with Crippen LogP contribution in [0.2, 0.25) is 0 Å². The van der Waals surface area contributed by atoms with Crippen molar-refractivity contribution in [2.24, 2.45) is 5.41 Å². The zero-order chi connectivity index (χ0) is 18.9. The van der Waals surface area contributed by atoms with Crippen molar-refractivity contribution in [3.05, 3.63) is 42.1 Å². The van der Waals surface area contributed by atoms with Gasteiger partial charge in [0, 0.05) is 54.8 Å². The third kappa shape index (κ3) is 3.71. The van der Waals surface area contributed by atoms with E-state index >= 15 is 0 Å². The van der Waals surface area contributed by atoms with Gasteiger partial charge in [-0.15, -0.1) is 0 Å². The topological polar surface area (TPSA) is 45.7 Å². The number of nitrogens with zero attached hydrogens (tertiary/aromatic N) is 3. The Morgan fingerprint density at radius 1 is 1.19 bits per heavy atom. The van der Waals surface area contributed by atoms with E-state index in [1.54, 1.807) is 6.20 Å². The lowest BCUT2D eigenvalue weighted by molar-refractivity contribution is 0.00581. The Hall–Kier alpha value is -1.98. The number of aromatic nitrogens is 1. The lowest BCUT2D eigenvalue weighted by atomic mass is 9.79. The van der Waals surface area contributed by atoms with Crippen LogP contribution in [0.3, 0.4) is 0 Å². The van der Waals surface area contributed by atoms with E-state index in [0.717, 1.165) is 68.7 Å². The van der Waals surface area contributed by atoms with E-state index in [1.165, 1.54) is 0 Å². The van der Waals surface area contributed by atoms with Gasteiger partial charge in [-0.05, 0) is 44.9 Å². The maximum Gasteiger partial charge on any atom is 0.254 e. The number of piperidine rings is 1. The Labute approximate surface area is 161 Å². The van der Waals surface area contributed by atoms with Gasteiger partial charge in [-0.25, -0.2) is 0 Å². The molecule has 1 aromatic heterocycles. The van der Waals surface area contributed by atoms with Crippen LogP contribution in [0.4, 0.5) is 0 Å². The van der Waals surface area contributed by atoms with E-state index in [0.29, 0.717) is 6.04 Å². The second kappa shape index (κ2) is 7.56. The van der Waals surface area contributed by atoms with E-state index in [9.17, 15) is 4.79 Å². The summed E-state index contributed by atoms with van der Waals surface area (Å²) in [6.45, 7) is 9.58. The Morgan fingerprint density at radius 3 is 2.93 bits per heavy atom. The molecule has 2 fully saturated rings. The van der Waals surface area contributed by atoms with Crippen molar-refractivity contribution in [3.63, 3.8) is 0 Å². The van der Waals surface area contributed by atoms with Crippen molar-refractivity contribution in [2.45, 2.75) is 32.7 Å². The normalized spacial score (nSPS) is 24.5. The number of hydrogen-bond donors (Lipinski definition) is 0. The van der Waals surface area contributed by atoms with Crippen molar-refractivity contribution >= 4 is 16.8 Å². The Balaban J connectivity index is 1.59. The van der Waals surface area contributed by atoms with Crippen LogP contribution in [0.1, 0.15) is 37.0 Å². The SMILES string of the molecule is CC(C)N1CCOC[C@@]2(CCCN(C(=O)c3cccc4ncccc34)C2)C1. The van der Waals surface area contributed by atoms with E-state index in [2.05, 4.69) is 23.7 Å². The number of amides is 1. The molecule has 144 valence electrons. The zero-order valence-electron chi connectivity index (χ0n) is 16.4. The minimum absolute atomic E-state index is 0.0392. The van der Waals surface area contributed by atoms with Gasteiger partial charge in [0.15, 0.2) is 0 Å². The molecular weight excluding hydrogens is 338 g/mol. The third-order valence-electron chi connectivity index (χ3n) is 6.02. The summed E-state index contributed by atoms with van der Waals surface area (Å²) in [5.74, 6) is 0.119. The number of carbonyl (C=O) groups is 1. The van der Waals surface area contributed by atoms with Crippen molar-refractivity contribution in [1.82, 2.24) is 14.8 Å². The van der Waals surface area contributed by atoms with Crippen LogP contribution < -0.4 is 0 Å². The highest BCUT2D eigenvalue weighted by molar-refractivity contribution is 6.06. The molecular formula is C22H29N3O2. The molecule has 4 rings (SSSR count). The van der Waals surface area contributed by atoms with Gasteiger partial charge in [0.05, 0.1) is 18.7 Å². The summed E-state index contributed by atoms with van der Waals surface area (Å²) in [6, 6.07) is 10.2. The molecule has 1 atom stereocenters. The first-order valence-corrected chi connectivity index (χ1v) is 10.0. The van der Waals surface area contributed by atoms with Crippen molar-refractivity contribution in [2.75, 3.05) is 39.4 Å². The summed E-state index contributed by atoms with van der Waals surface area (Å²) in [6.07, 6.45) is 3.93. The molecule has 5 heteroatoms. The van der Waals surface area contributed by atoms with Gasteiger partial charge in [0.25, 0.3) is 5.91 Å². The zero-order valence-corrected chi connectivity index (χ0v) is 16.4. The molecule has 5 nitrogen and oxygen atoms in total. The van der Waals surface area contributed by atoms with Gasteiger partial charge >= 0.3 is 0 Å². The van der Waals surface area contributed by atoms with Gasteiger partial charge in [-0.1, -0.05) is 12.1 Å². The maximum atomic E-state index is 13.4. The molecule has 0 aliphatic carbocycles. The highest BCUT2D eigenvalue weighted by Crippen LogP contribution is 2.34. The number of benzene rings is 1. The number of likely N-dealkylation sites (tertiary alicyclic amines) is 1. The third-order valence-corrected chi connectivity index (χ3v) is 6.02. The van der Waals surface area contributed by atoms with Crippen LogP contribution in [0, 0.1) is 5.41 Å². The predicted molar refractivity (Wildman–Crippen MR) is 107 cm³/mol. The molecule has 0 N–H and O–H groups in total. The number of fused-ring (bicyclic) bond motifs is 1. The summed E-state index contributed by atoms with van der Waals surface area (Å²) in [5, 5.41) is 0.936. The number of pyridine rings is 1. The maximum absolute atomic E-state index is 13.4. The van der Waals surface area contributed by atoms with Crippen molar-refractivity contribution in [1.29, 1.82) is 0 Å². The first kappa shape index (κ1) is 18.4. The predicted octanol–water partition coefficient (Wildman–Crippen LogP) is 3.20. The highest BCUT2D eigenvalue weighted by Gasteiger charge is 2.40. The minimum Gasteiger partial charge on any atom is -0.379 e. The van der Waals surface area contributed by atoms with E-state index < -0.39 is 0 Å². The fourth-order valence-electron chi connectivity index (χ4n) is 4.56. The molecule has 0 radical (unpaired) electrons. The molecule has 2 saturated heterocycles. The highest BCUT2D eigenvalue weighted by atomic mass is 16.5. The number of rotatable bonds is 2. The molecule has 27 heavy (non-hydrogen) atoms. The van der Waals surface area contributed by atoms with E-state index in [1.807, 2.05) is 35.2 Å². The fourth-order valence-corrected chi connectivity index (χ4v) is 4.56. The van der Waals surface area contributed by atoms with E-state index in [-0.39, 0.29) is 11.3 Å². The van der Waals surface area contributed by atoms with Crippen LogP contribution in [-0.2, 0) is 4.74 Å². The van der Waals surface area contributed by atoms with E-state index in [4.69, 9.17) is 4.74 Å². The Kier molecular flexibility index (Phi) is 5.15. The average molecular weight is 367 g/mol. The molecule has 0 unspecified atom stereocenters. The minimum atomic E-state index is 0.0392. The Morgan fingerprint density at radius 2 is 2.07 bits per heavy atom. The van der Waals surface area contributed by atoms with Gasteiger partial charge in [-0.3, -0.25) is 14.7 Å². The summed E-state index contributed by atoms with van der Waals surface area (Å²) < 4.78 is 5.98.